The van der Waals surface area contributed by atoms with Crippen LogP contribution in [0.1, 0.15) is 45.1 Å². The molecule has 4 rings (SSSR count). The second kappa shape index (κ2) is 11.9. The number of carbonyl (C=O) groups is 1. The maximum atomic E-state index is 12.9. The molecule has 7 nitrogen and oxygen atoms in total. The van der Waals surface area contributed by atoms with Crippen LogP contribution in [0.2, 0.25) is 0 Å². The molecule has 3 heterocycles. The van der Waals surface area contributed by atoms with Gasteiger partial charge < -0.3 is 19.7 Å². The summed E-state index contributed by atoms with van der Waals surface area (Å²) in [5, 5.41) is 3.20. The minimum Gasteiger partial charge on any atom is -0.489 e. The summed E-state index contributed by atoms with van der Waals surface area (Å²) in [6, 6.07) is 11.7. The van der Waals surface area contributed by atoms with Crippen molar-refractivity contribution in [1.29, 1.82) is 0 Å². The van der Waals surface area contributed by atoms with E-state index < -0.39 is 0 Å². The first-order chi connectivity index (χ1) is 16.9. The fourth-order valence-electron chi connectivity index (χ4n) is 4.76. The van der Waals surface area contributed by atoms with Crippen molar-refractivity contribution in [2.45, 2.75) is 46.1 Å². The van der Waals surface area contributed by atoms with E-state index in [4.69, 9.17) is 9.47 Å². The van der Waals surface area contributed by atoms with Gasteiger partial charge in [-0.15, -0.1) is 0 Å². The van der Waals surface area contributed by atoms with Crippen LogP contribution in [0.5, 0.6) is 17.4 Å². The van der Waals surface area contributed by atoms with Gasteiger partial charge in [0.15, 0.2) is 11.5 Å². The summed E-state index contributed by atoms with van der Waals surface area (Å²) in [6.45, 7) is 9.84. The van der Waals surface area contributed by atoms with Crippen LogP contribution >= 0.6 is 0 Å². The quantitative estimate of drug-likeness (QED) is 0.703. The van der Waals surface area contributed by atoms with Crippen molar-refractivity contribution in [2.24, 2.45) is 11.3 Å². The zero-order chi connectivity index (χ0) is 24.7. The van der Waals surface area contributed by atoms with Crippen LogP contribution in [0.4, 0.5) is 0 Å². The van der Waals surface area contributed by atoms with Crippen LogP contribution in [0, 0.1) is 11.3 Å². The van der Waals surface area contributed by atoms with Gasteiger partial charge in [0.2, 0.25) is 11.8 Å². The molecule has 2 aliphatic rings. The standard InChI is InChI=1S/C28H40N4O3/c1-28(2)13-7-15-32(20-26(33)30-18-22-11-16-31(3)17-12-22)19-23-8-6-14-29-27(23)35-25-10-5-4-9-24(25)34-21-28/h4-6,8-10,14,22H,7,11-13,15-21H2,1-3H3,(H,30,33). The van der Waals surface area contributed by atoms with E-state index in [1.165, 1.54) is 0 Å². The van der Waals surface area contributed by atoms with Gasteiger partial charge in [0.25, 0.3) is 0 Å². The molecule has 0 radical (unpaired) electrons. The van der Waals surface area contributed by atoms with Crippen LogP contribution < -0.4 is 14.8 Å². The normalized spacial score (nSPS) is 20.1. The van der Waals surface area contributed by atoms with Gasteiger partial charge >= 0.3 is 0 Å². The van der Waals surface area contributed by atoms with Crippen LogP contribution in [-0.2, 0) is 11.3 Å². The summed E-state index contributed by atoms with van der Waals surface area (Å²) < 4.78 is 12.4. The highest BCUT2D eigenvalue weighted by Gasteiger charge is 2.23. The van der Waals surface area contributed by atoms with Crippen LogP contribution in [0.15, 0.2) is 42.6 Å². The van der Waals surface area contributed by atoms with Gasteiger partial charge in [-0.25, -0.2) is 4.98 Å². The highest BCUT2D eigenvalue weighted by Crippen LogP contribution is 2.34. The minimum absolute atomic E-state index is 0.00827. The lowest BCUT2D eigenvalue weighted by Gasteiger charge is -2.29. The Labute approximate surface area is 209 Å². The number of para-hydroxylation sites is 2. The van der Waals surface area contributed by atoms with E-state index in [0.717, 1.165) is 63.2 Å². The van der Waals surface area contributed by atoms with Crippen molar-refractivity contribution >= 4 is 5.91 Å². The van der Waals surface area contributed by atoms with Crippen LogP contribution in [0.25, 0.3) is 0 Å². The maximum absolute atomic E-state index is 12.9. The lowest BCUT2D eigenvalue weighted by Crippen LogP contribution is -2.41. The molecule has 2 aliphatic heterocycles. The summed E-state index contributed by atoms with van der Waals surface area (Å²) in [7, 11) is 2.16. The van der Waals surface area contributed by atoms with Gasteiger partial charge in [0.1, 0.15) is 0 Å². The average Bonchev–Trinajstić information content (AvgIpc) is 2.84. The molecule has 2 aromatic rings. The van der Waals surface area contributed by atoms with Gasteiger partial charge in [-0.1, -0.05) is 32.0 Å². The van der Waals surface area contributed by atoms with Gasteiger partial charge in [-0.05, 0) is 81.9 Å². The number of benzene rings is 1. The van der Waals surface area contributed by atoms with Gasteiger partial charge in [-0.3, -0.25) is 9.69 Å². The third-order valence-electron chi connectivity index (χ3n) is 7.04. The summed E-state index contributed by atoms with van der Waals surface area (Å²) >= 11 is 0. The highest BCUT2D eigenvalue weighted by molar-refractivity contribution is 5.78. The number of rotatable bonds is 4. The Balaban J connectivity index is 1.47. The zero-order valence-electron chi connectivity index (χ0n) is 21.5. The first-order valence-corrected chi connectivity index (χ1v) is 12.9. The third-order valence-corrected chi connectivity index (χ3v) is 7.04. The molecule has 0 bridgehead atoms. The van der Waals surface area contributed by atoms with E-state index in [0.29, 0.717) is 37.2 Å². The molecule has 0 spiro atoms. The van der Waals surface area contributed by atoms with E-state index in [1.807, 2.05) is 36.4 Å². The van der Waals surface area contributed by atoms with E-state index >= 15 is 0 Å². The molecule has 35 heavy (non-hydrogen) atoms. The van der Waals surface area contributed by atoms with Crippen molar-refractivity contribution in [3.05, 3.63) is 48.2 Å². The molecular formula is C28H40N4O3. The van der Waals surface area contributed by atoms with E-state index in [9.17, 15) is 4.79 Å². The summed E-state index contributed by atoms with van der Waals surface area (Å²) in [4.78, 5) is 22.0. The summed E-state index contributed by atoms with van der Waals surface area (Å²) in [5.74, 6) is 2.60. The number of nitrogens with zero attached hydrogens (tertiary/aromatic N) is 3. The third kappa shape index (κ3) is 7.67. The molecule has 1 aromatic carbocycles. The van der Waals surface area contributed by atoms with Crippen molar-refractivity contribution in [3.8, 4) is 17.4 Å². The molecule has 1 amide bonds. The molecule has 1 fully saturated rings. The van der Waals surface area contributed by atoms with Crippen LogP contribution in [-0.4, -0.2) is 67.1 Å². The zero-order valence-corrected chi connectivity index (χ0v) is 21.5. The largest absolute Gasteiger partial charge is 0.489 e. The molecule has 0 atom stereocenters. The topological polar surface area (TPSA) is 66.9 Å². The van der Waals surface area contributed by atoms with Gasteiger partial charge in [0, 0.05) is 24.8 Å². The second-order valence-corrected chi connectivity index (χ2v) is 10.8. The molecule has 1 aromatic heterocycles. The lowest BCUT2D eigenvalue weighted by atomic mass is 9.88. The number of hydrogen-bond acceptors (Lipinski definition) is 6. The second-order valence-electron chi connectivity index (χ2n) is 10.8. The molecule has 0 unspecified atom stereocenters. The molecule has 0 aliphatic carbocycles. The van der Waals surface area contributed by atoms with E-state index in [2.05, 4.69) is 41.0 Å². The van der Waals surface area contributed by atoms with Gasteiger partial charge in [0.05, 0.1) is 13.2 Å². The Kier molecular flexibility index (Phi) is 8.63. The summed E-state index contributed by atoms with van der Waals surface area (Å²) in [5.41, 5.74) is 0.970. The van der Waals surface area contributed by atoms with Crippen molar-refractivity contribution in [3.63, 3.8) is 0 Å². The predicted molar refractivity (Wildman–Crippen MR) is 138 cm³/mol. The van der Waals surface area contributed by atoms with Crippen molar-refractivity contribution < 1.29 is 14.3 Å². The molecule has 190 valence electrons. The number of aromatic nitrogens is 1. The Morgan fingerprint density at radius 1 is 1.11 bits per heavy atom. The summed E-state index contributed by atoms with van der Waals surface area (Å²) in [6.07, 6.45) is 6.02. The fourth-order valence-corrected chi connectivity index (χ4v) is 4.76. The smallest absolute Gasteiger partial charge is 0.234 e. The molecule has 0 saturated carbocycles. The Hall–Kier alpha value is -2.64. The number of ether oxygens (including phenoxy) is 2. The number of fused-ring (bicyclic) bond motifs is 2. The number of piperidine rings is 1. The lowest BCUT2D eigenvalue weighted by molar-refractivity contribution is -0.122. The maximum Gasteiger partial charge on any atom is 0.234 e. The molecule has 7 heteroatoms. The molecular weight excluding hydrogens is 440 g/mol. The Morgan fingerprint density at radius 3 is 2.69 bits per heavy atom. The van der Waals surface area contributed by atoms with E-state index in [1.54, 1.807) is 6.20 Å². The molecule has 1 N–H and O–H groups in total. The first-order valence-electron chi connectivity index (χ1n) is 12.9. The Bertz CT molecular complexity index is 972. The van der Waals surface area contributed by atoms with Crippen molar-refractivity contribution in [2.75, 3.05) is 46.4 Å². The minimum atomic E-state index is 0.00827. The fraction of sp³-hybridized carbons (Fsp3) is 0.571. The van der Waals surface area contributed by atoms with Gasteiger partial charge in [-0.2, -0.15) is 0 Å². The number of hydrogen-bond donors (Lipinski definition) is 1. The Morgan fingerprint density at radius 2 is 1.89 bits per heavy atom. The van der Waals surface area contributed by atoms with Crippen LogP contribution in [0.3, 0.4) is 0 Å². The first kappa shape index (κ1) is 25.5. The number of pyridine rings is 1. The average molecular weight is 481 g/mol. The molecule has 1 saturated heterocycles. The highest BCUT2D eigenvalue weighted by atomic mass is 16.5. The van der Waals surface area contributed by atoms with Crippen molar-refractivity contribution in [1.82, 2.24) is 20.1 Å². The number of nitrogens with one attached hydrogen (secondary N) is 1. The number of amides is 1. The number of carbonyl (C=O) groups excluding carboxylic acids is 1. The SMILES string of the molecule is CN1CCC(CNC(=O)CN2CCCC(C)(C)COc3ccccc3Oc3ncccc3C2)CC1. The monoisotopic (exact) mass is 480 g/mol. The predicted octanol–water partition coefficient (Wildman–Crippen LogP) is 4.33. The number of likely N-dealkylation sites (tertiary alicyclic amines) is 1. The van der Waals surface area contributed by atoms with E-state index in [-0.39, 0.29) is 11.3 Å².